The van der Waals surface area contributed by atoms with Crippen LogP contribution in [0.2, 0.25) is 0 Å². The molecule has 1 aromatic carbocycles. The second kappa shape index (κ2) is 6.90. The Bertz CT molecular complexity index is 880. The molecule has 0 saturated carbocycles. The van der Waals surface area contributed by atoms with Crippen LogP contribution < -0.4 is 15.0 Å². The molecule has 0 aliphatic carbocycles. The monoisotopic (exact) mass is 371 g/mol. The van der Waals surface area contributed by atoms with Crippen molar-refractivity contribution in [3.63, 3.8) is 0 Å². The molecule has 3 amide bonds. The number of aryl methyl sites for hydroxylation is 1. The van der Waals surface area contributed by atoms with Crippen LogP contribution in [0.1, 0.15) is 37.0 Å². The Balaban J connectivity index is 1.53. The Morgan fingerprint density at radius 3 is 2.96 bits per heavy atom. The number of likely N-dealkylation sites (N-methyl/N-ethyl adjacent to an activating group) is 1. The number of carbonyl (C=O) groups excluding carboxylic acids is 2. The number of aromatic nitrogens is 2. The van der Waals surface area contributed by atoms with Gasteiger partial charge in [0.25, 0.3) is 5.91 Å². The van der Waals surface area contributed by atoms with Crippen molar-refractivity contribution in [2.75, 3.05) is 30.4 Å². The zero-order chi connectivity index (χ0) is 19.0. The van der Waals surface area contributed by atoms with E-state index in [1.165, 1.54) is 4.90 Å². The second-order valence-corrected chi connectivity index (χ2v) is 6.74. The third-order valence-corrected chi connectivity index (χ3v) is 4.89. The van der Waals surface area contributed by atoms with E-state index < -0.39 is 0 Å². The molecule has 9 nitrogen and oxygen atoms in total. The number of ether oxygens (including phenoxy) is 1. The average Bonchev–Trinajstić information content (AvgIpc) is 3.11. The molecule has 4 rings (SSSR count). The van der Waals surface area contributed by atoms with Gasteiger partial charge in [-0.05, 0) is 44.4 Å². The minimum Gasteiger partial charge on any atom is -0.482 e. The first-order valence-electron chi connectivity index (χ1n) is 8.94. The maximum atomic E-state index is 12.9. The first-order valence-corrected chi connectivity index (χ1v) is 8.94. The van der Waals surface area contributed by atoms with Crippen molar-refractivity contribution in [2.24, 2.45) is 0 Å². The van der Waals surface area contributed by atoms with E-state index in [0.29, 0.717) is 35.4 Å². The largest absolute Gasteiger partial charge is 0.482 e. The molecular weight excluding hydrogens is 350 g/mol. The lowest BCUT2D eigenvalue weighted by Crippen LogP contribution is -2.41. The van der Waals surface area contributed by atoms with Crippen molar-refractivity contribution in [2.45, 2.75) is 32.2 Å². The summed E-state index contributed by atoms with van der Waals surface area (Å²) in [5.74, 6) is 1.51. The van der Waals surface area contributed by atoms with Gasteiger partial charge in [-0.1, -0.05) is 5.16 Å². The summed E-state index contributed by atoms with van der Waals surface area (Å²) in [6.45, 7) is 2.39. The lowest BCUT2D eigenvalue weighted by molar-refractivity contribution is -0.120. The van der Waals surface area contributed by atoms with E-state index in [1.807, 2.05) is 0 Å². The van der Waals surface area contributed by atoms with Gasteiger partial charge < -0.3 is 24.4 Å². The highest BCUT2D eigenvalue weighted by molar-refractivity contribution is 5.99. The molecule has 0 radical (unpaired) electrons. The fraction of sp³-hybridized carbons (Fsp3) is 0.444. The van der Waals surface area contributed by atoms with E-state index >= 15 is 0 Å². The van der Waals surface area contributed by atoms with Crippen LogP contribution in [-0.2, 0) is 4.79 Å². The third kappa shape index (κ3) is 3.32. The molecule has 2 aliphatic heterocycles. The fourth-order valence-electron chi connectivity index (χ4n) is 3.43. The predicted octanol–water partition coefficient (Wildman–Crippen LogP) is 2.49. The number of piperidine rings is 1. The van der Waals surface area contributed by atoms with Crippen LogP contribution in [0.5, 0.6) is 5.75 Å². The number of hydrogen-bond donors (Lipinski definition) is 1. The number of fused-ring (bicyclic) bond motifs is 1. The Morgan fingerprint density at radius 2 is 2.19 bits per heavy atom. The van der Waals surface area contributed by atoms with Crippen molar-refractivity contribution in [3.8, 4) is 5.75 Å². The molecule has 1 N–H and O–H groups in total. The third-order valence-electron chi connectivity index (χ3n) is 4.89. The SMILES string of the molecule is Cc1noc(C2CCCCN2C(=O)Nc2ccc3c(c2)N(C)C(=O)CO3)n1. The molecule has 1 aromatic heterocycles. The maximum Gasteiger partial charge on any atom is 0.322 e. The molecule has 0 spiro atoms. The molecule has 1 saturated heterocycles. The predicted molar refractivity (Wildman–Crippen MR) is 96.7 cm³/mol. The van der Waals surface area contributed by atoms with E-state index in [2.05, 4.69) is 15.5 Å². The van der Waals surface area contributed by atoms with Crippen LogP contribution in [0.4, 0.5) is 16.2 Å². The molecule has 2 aliphatic rings. The number of carbonyl (C=O) groups is 2. The van der Waals surface area contributed by atoms with Crippen molar-refractivity contribution in [1.82, 2.24) is 15.0 Å². The molecule has 142 valence electrons. The number of amides is 3. The number of nitrogens with zero attached hydrogens (tertiary/aromatic N) is 4. The van der Waals surface area contributed by atoms with Gasteiger partial charge in [-0.2, -0.15) is 4.98 Å². The van der Waals surface area contributed by atoms with E-state index in [9.17, 15) is 9.59 Å². The molecule has 1 unspecified atom stereocenters. The van der Waals surface area contributed by atoms with E-state index in [4.69, 9.17) is 9.26 Å². The summed E-state index contributed by atoms with van der Waals surface area (Å²) in [6.07, 6.45) is 2.70. The first-order chi connectivity index (χ1) is 13.0. The van der Waals surface area contributed by atoms with Gasteiger partial charge in [0.2, 0.25) is 5.89 Å². The summed E-state index contributed by atoms with van der Waals surface area (Å²) in [5.41, 5.74) is 1.22. The molecule has 27 heavy (non-hydrogen) atoms. The van der Waals surface area contributed by atoms with Crippen molar-refractivity contribution in [1.29, 1.82) is 0 Å². The van der Waals surface area contributed by atoms with Gasteiger partial charge in [0.05, 0.1) is 5.69 Å². The Labute approximate surface area is 156 Å². The average molecular weight is 371 g/mol. The summed E-state index contributed by atoms with van der Waals surface area (Å²) in [5, 5.41) is 6.74. The molecule has 0 bridgehead atoms. The highest BCUT2D eigenvalue weighted by atomic mass is 16.5. The molecule has 1 atom stereocenters. The van der Waals surface area contributed by atoms with Gasteiger partial charge in [-0.3, -0.25) is 4.79 Å². The standard InChI is InChI=1S/C18H21N5O4/c1-11-19-17(27-21-11)13-5-3-4-8-23(13)18(25)20-12-6-7-15-14(9-12)22(2)16(24)10-26-15/h6-7,9,13H,3-5,8,10H2,1-2H3,(H,20,25). The summed E-state index contributed by atoms with van der Waals surface area (Å²) >= 11 is 0. The molecule has 9 heteroatoms. The summed E-state index contributed by atoms with van der Waals surface area (Å²) < 4.78 is 10.7. The van der Waals surface area contributed by atoms with Gasteiger partial charge in [-0.15, -0.1) is 0 Å². The number of likely N-dealkylation sites (tertiary alicyclic amines) is 1. The zero-order valence-electron chi connectivity index (χ0n) is 15.3. The number of benzene rings is 1. The summed E-state index contributed by atoms with van der Waals surface area (Å²) in [6, 6.07) is 4.78. The lowest BCUT2D eigenvalue weighted by atomic mass is 10.0. The Hall–Kier alpha value is -3.10. The van der Waals surface area contributed by atoms with Crippen molar-refractivity contribution in [3.05, 3.63) is 29.9 Å². The van der Waals surface area contributed by atoms with Crippen LogP contribution in [-0.4, -0.2) is 47.2 Å². The van der Waals surface area contributed by atoms with Crippen LogP contribution in [0.3, 0.4) is 0 Å². The summed E-state index contributed by atoms with van der Waals surface area (Å²) in [4.78, 5) is 32.2. The molecule has 1 fully saturated rings. The minimum absolute atomic E-state index is 0.0221. The van der Waals surface area contributed by atoms with Gasteiger partial charge in [-0.25, -0.2) is 4.79 Å². The van der Waals surface area contributed by atoms with Crippen LogP contribution in [0.15, 0.2) is 22.7 Å². The quantitative estimate of drug-likeness (QED) is 0.870. The first kappa shape index (κ1) is 17.3. The number of nitrogens with one attached hydrogen (secondary N) is 1. The number of anilines is 2. The lowest BCUT2D eigenvalue weighted by Gasteiger charge is -2.33. The normalized spacial score (nSPS) is 19.5. The van der Waals surface area contributed by atoms with Crippen molar-refractivity contribution >= 4 is 23.3 Å². The number of hydrogen-bond acceptors (Lipinski definition) is 6. The Kier molecular flexibility index (Phi) is 4.43. The number of urea groups is 1. The zero-order valence-corrected chi connectivity index (χ0v) is 15.3. The minimum atomic E-state index is -0.235. The van der Waals surface area contributed by atoms with Gasteiger partial charge in [0, 0.05) is 19.3 Å². The van der Waals surface area contributed by atoms with Gasteiger partial charge >= 0.3 is 6.03 Å². The van der Waals surface area contributed by atoms with Crippen LogP contribution in [0.25, 0.3) is 0 Å². The fourth-order valence-corrected chi connectivity index (χ4v) is 3.43. The highest BCUT2D eigenvalue weighted by Crippen LogP contribution is 2.35. The molecular formula is C18H21N5O4. The highest BCUT2D eigenvalue weighted by Gasteiger charge is 2.32. The van der Waals surface area contributed by atoms with Gasteiger partial charge in [0.1, 0.15) is 11.8 Å². The summed E-state index contributed by atoms with van der Waals surface area (Å²) in [7, 11) is 1.69. The molecule has 3 heterocycles. The smallest absolute Gasteiger partial charge is 0.322 e. The van der Waals surface area contributed by atoms with Crippen molar-refractivity contribution < 1.29 is 18.8 Å². The van der Waals surface area contributed by atoms with Gasteiger partial charge in [0.15, 0.2) is 12.4 Å². The van der Waals surface area contributed by atoms with Crippen LogP contribution in [0, 0.1) is 6.92 Å². The molecule has 2 aromatic rings. The maximum absolute atomic E-state index is 12.9. The Morgan fingerprint density at radius 1 is 1.33 bits per heavy atom. The van der Waals surface area contributed by atoms with Crippen LogP contribution >= 0.6 is 0 Å². The number of rotatable bonds is 2. The van der Waals surface area contributed by atoms with E-state index in [0.717, 1.165) is 19.3 Å². The topological polar surface area (TPSA) is 101 Å². The van der Waals surface area contributed by atoms with E-state index in [1.54, 1.807) is 37.1 Å². The van der Waals surface area contributed by atoms with E-state index in [-0.39, 0.29) is 24.6 Å². The second-order valence-electron chi connectivity index (χ2n) is 6.74.